The van der Waals surface area contributed by atoms with Crippen LogP contribution in [0.3, 0.4) is 0 Å². The van der Waals surface area contributed by atoms with E-state index in [0.717, 1.165) is 11.3 Å². The van der Waals surface area contributed by atoms with Gasteiger partial charge in [0.25, 0.3) is 0 Å². The molecule has 0 heterocycles. The summed E-state index contributed by atoms with van der Waals surface area (Å²) in [7, 11) is 0. The van der Waals surface area contributed by atoms with Crippen LogP contribution in [0.1, 0.15) is 12.0 Å². The number of alkyl halides is 2. The molecule has 3 N–H and O–H groups in total. The number of rotatable bonds is 5. The van der Waals surface area contributed by atoms with Gasteiger partial charge in [-0.15, -0.1) is 0 Å². The highest BCUT2D eigenvalue weighted by Crippen LogP contribution is 2.09. The molecule has 1 aromatic rings. The number of hydrogen-bond donors (Lipinski definition) is 2. The van der Waals surface area contributed by atoms with Crippen LogP contribution < -0.4 is 11.1 Å². The van der Waals surface area contributed by atoms with Crippen molar-refractivity contribution in [3.8, 4) is 0 Å². The number of halogens is 2. The molecule has 0 aliphatic carbocycles. The van der Waals surface area contributed by atoms with Crippen molar-refractivity contribution < 1.29 is 8.78 Å². The normalized spacial score (nSPS) is 10.6. The second-order valence-corrected chi connectivity index (χ2v) is 3.01. The Morgan fingerprint density at radius 3 is 2.36 bits per heavy atom. The van der Waals surface area contributed by atoms with E-state index >= 15 is 0 Å². The van der Waals surface area contributed by atoms with Crippen LogP contribution in [0.4, 0.5) is 14.5 Å². The Kier molecular flexibility index (Phi) is 4.32. The molecule has 0 radical (unpaired) electrons. The quantitative estimate of drug-likeness (QED) is 0.764. The van der Waals surface area contributed by atoms with E-state index in [2.05, 4.69) is 5.32 Å². The molecule has 0 bridgehead atoms. The molecule has 0 spiro atoms. The zero-order valence-corrected chi connectivity index (χ0v) is 7.84. The van der Waals surface area contributed by atoms with Crippen LogP contribution in [0.25, 0.3) is 0 Å². The van der Waals surface area contributed by atoms with Crippen molar-refractivity contribution in [1.29, 1.82) is 0 Å². The first-order chi connectivity index (χ1) is 6.72. The second-order valence-electron chi connectivity index (χ2n) is 3.01. The molecule has 0 saturated heterocycles. The third-order valence-corrected chi connectivity index (χ3v) is 1.88. The van der Waals surface area contributed by atoms with Crippen molar-refractivity contribution in [2.75, 3.05) is 11.9 Å². The first-order valence-electron chi connectivity index (χ1n) is 4.53. The molecule has 14 heavy (non-hydrogen) atoms. The van der Waals surface area contributed by atoms with Crippen molar-refractivity contribution in [3.63, 3.8) is 0 Å². The molecule has 0 atom stereocenters. The molecule has 4 heteroatoms. The number of nitrogens with two attached hydrogens (primary N) is 1. The van der Waals surface area contributed by atoms with E-state index in [1.54, 1.807) is 0 Å². The minimum Gasteiger partial charge on any atom is -0.385 e. The molecule has 0 aromatic heterocycles. The van der Waals surface area contributed by atoms with Gasteiger partial charge in [-0.2, -0.15) is 0 Å². The van der Waals surface area contributed by atoms with Crippen LogP contribution in [0.5, 0.6) is 0 Å². The van der Waals surface area contributed by atoms with Gasteiger partial charge in [0.2, 0.25) is 6.43 Å². The summed E-state index contributed by atoms with van der Waals surface area (Å²) in [5.74, 6) is 0. The van der Waals surface area contributed by atoms with Crippen molar-refractivity contribution in [2.45, 2.75) is 19.4 Å². The molecular weight excluding hydrogens is 186 g/mol. The van der Waals surface area contributed by atoms with E-state index in [0.29, 0.717) is 13.1 Å². The van der Waals surface area contributed by atoms with Crippen LogP contribution in [-0.2, 0) is 6.54 Å². The maximum atomic E-state index is 11.8. The zero-order chi connectivity index (χ0) is 10.4. The number of nitrogens with one attached hydrogen (secondary N) is 1. The summed E-state index contributed by atoms with van der Waals surface area (Å²) in [4.78, 5) is 0. The smallest absolute Gasteiger partial charge is 0.240 e. The number of hydrogen-bond acceptors (Lipinski definition) is 2. The van der Waals surface area contributed by atoms with Gasteiger partial charge < -0.3 is 11.1 Å². The van der Waals surface area contributed by atoms with Gasteiger partial charge in [0.05, 0.1) is 0 Å². The average Bonchev–Trinajstić information content (AvgIpc) is 2.18. The van der Waals surface area contributed by atoms with Gasteiger partial charge in [0, 0.05) is 25.2 Å². The molecule has 0 aliphatic rings. The first kappa shape index (κ1) is 10.9. The highest BCUT2D eigenvalue weighted by Gasteiger charge is 2.00. The van der Waals surface area contributed by atoms with E-state index in [1.807, 2.05) is 24.3 Å². The lowest BCUT2D eigenvalue weighted by molar-refractivity contribution is 0.142. The van der Waals surface area contributed by atoms with E-state index in [4.69, 9.17) is 5.73 Å². The second kappa shape index (κ2) is 5.54. The van der Waals surface area contributed by atoms with E-state index in [1.165, 1.54) is 0 Å². The molecule has 2 nitrogen and oxygen atoms in total. The Labute approximate surface area is 82.1 Å². The first-order valence-corrected chi connectivity index (χ1v) is 4.53. The van der Waals surface area contributed by atoms with Crippen molar-refractivity contribution in [3.05, 3.63) is 29.8 Å². The highest BCUT2D eigenvalue weighted by atomic mass is 19.3. The molecular formula is C10H14F2N2. The Bertz CT molecular complexity index is 259. The molecule has 0 amide bonds. The van der Waals surface area contributed by atoms with Crippen LogP contribution >= 0.6 is 0 Å². The molecule has 0 saturated carbocycles. The van der Waals surface area contributed by atoms with Crippen molar-refractivity contribution in [2.24, 2.45) is 5.73 Å². The fraction of sp³-hybridized carbons (Fsp3) is 0.400. The minimum absolute atomic E-state index is 0.126. The van der Waals surface area contributed by atoms with E-state index < -0.39 is 6.43 Å². The maximum Gasteiger partial charge on any atom is 0.240 e. The molecule has 1 rings (SSSR count). The fourth-order valence-electron chi connectivity index (χ4n) is 1.08. The molecule has 78 valence electrons. The summed E-state index contributed by atoms with van der Waals surface area (Å²) in [6.07, 6.45) is -2.37. The van der Waals surface area contributed by atoms with E-state index in [-0.39, 0.29) is 6.42 Å². The lowest BCUT2D eigenvalue weighted by atomic mass is 10.2. The summed E-state index contributed by atoms with van der Waals surface area (Å²) in [6, 6.07) is 7.44. The summed E-state index contributed by atoms with van der Waals surface area (Å²) in [5.41, 5.74) is 7.30. The van der Waals surface area contributed by atoms with Gasteiger partial charge in [-0.25, -0.2) is 8.78 Å². The standard InChI is InChI=1S/C10H14F2N2/c11-10(12)5-6-14-9-3-1-8(7-13)2-4-9/h1-4,10,14H,5-7,13H2. The molecule has 1 aromatic carbocycles. The van der Waals surface area contributed by atoms with Gasteiger partial charge in [0.1, 0.15) is 0 Å². The Balaban J connectivity index is 2.36. The summed E-state index contributed by atoms with van der Waals surface area (Å²) in [6.45, 7) is 0.789. The van der Waals surface area contributed by atoms with Gasteiger partial charge in [-0.3, -0.25) is 0 Å². The fourth-order valence-corrected chi connectivity index (χ4v) is 1.08. The summed E-state index contributed by atoms with van der Waals surface area (Å²) >= 11 is 0. The van der Waals surface area contributed by atoms with Crippen LogP contribution in [0.2, 0.25) is 0 Å². The topological polar surface area (TPSA) is 38.0 Å². The van der Waals surface area contributed by atoms with Gasteiger partial charge in [0.15, 0.2) is 0 Å². The maximum absolute atomic E-state index is 11.8. The SMILES string of the molecule is NCc1ccc(NCCC(F)F)cc1. The largest absolute Gasteiger partial charge is 0.385 e. The van der Waals surface area contributed by atoms with Crippen LogP contribution in [0.15, 0.2) is 24.3 Å². The Morgan fingerprint density at radius 1 is 1.21 bits per heavy atom. The van der Waals surface area contributed by atoms with Gasteiger partial charge in [-0.05, 0) is 17.7 Å². The third kappa shape index (κ3) is 3.70. The predicted molar refractivity (Wildman–Crippen MR) is 53.4 cm³/mol. The molecule has 0 unspecified atom stereocenters. The van der Waals surface area contributed by atoms with Crippen LogP contribution in [-0.4, -0.2) is 13.0 Å². The lowest BCUT2D eigenvalue weighted by Crippen LogP contribution is -2.06. The monoisotopic (exact) mass is 200 g/mol. The Morgan fingerprint density at radius 2 is 1.86 bits per heavy atom. The van der Waals surface area contributed by atoms with Crippen molar-refractivity contribution in [1.82, 2.24) is 0 Å². The minimum atomic E-state index is -2.24. The number of benzene rings is 1. The van der Waals surface area contributed by atoms with Crippen LogP contribution in [0, 0.1) is 0 Å². The highest BCUT2D eigenvalue weighted by molar-refractivity contribution is 5.44. The van der Waals surface area contributed by atoms with Gasteiger partial charge >= 0.3 is 0 Å². The predicted octanol–water partition coefficient (Wildman–Crippen LogP) is 2.21. The number of anilines is 1. The average molecular weight is 200 g/mol. The van der Waals surface area contributed by atoms with E-state index in [9.17, 15) is 8.78 Å². The molecule has 0 fully saturated rings. The third-order valence-electron chi connectivity index (χ3n) is 1.88. The lowest BCUT2D eigenvalue weighted by Gasteiger charge is -2.06. The van der Waals surface area contributed by atoms with Gasteiger partial charge in [-0.1, -0.05) is 12.1 Å². The summed E-state index contributed by atoms with van der Waals surface area (Å²) < 4.78 is 23.6. The Hall–Kier alpha value is -1.16. The molecule has 0 aliphatic heterocycles. The zero-order valence-electron chi connectivity index (χ0n) is 7.84. The summed E-state index contributed by atoms with van der Waals surface area (Å²) in [5, 5.41) is 2.91. The van der Waals surface area contributed by atoms with Crippen molar-refractivity contribution >= 4 is 5.69 Å².